The molecule has 0 spiro atoms. The Bertz CT molecular complexity index is 953. The molecule has 0 aliphatic heterocycles. The molecule has 0 aliphatic rings. The summed E-state index contributed by atoms with van der Waals surface area (Å²) in [4.78, 5) is 24.8. The molecule has 0 aliphatic carbocycles. The highest BCUT2D eigenvalue weighted by molar-refractivity contribution is 5.85. The van der Waals surface area contributed by atoms with Crippen molar-refractivity contribution in [2.75, 3.05) is 7.11 Å². The Morgan fingerprint density at radius 1 is 1.00 bits per heavy atom. The lowest BCUT2D eigenvalue weighted by molar-refractivity contribution is -0.763. The average molecular weight is 395 g/mol. The summed E-state index contributed by atoms with van der Waals surface area (Å²) in [5, 5.41) is 11.4. The van der Waals surface area contributed by atoms with Gasteiger partial charge in [-0.05, 0) is 46.0 Å². The van der Waals surface area contributed by atoms with E-state index in [1.807, 2.05) is 67.6 Å². The smallest absolute Gasteiger partial charge is 0.294 e. The Kier molecular flexibility index (Phi) is 8.15. The van der Waals surface area contributed by atoms with Gasteiger partial charge in [-0.2, -0.15) is 0 Å². The van der Waals surface area contributed by atoms with Crippen molar-refractivity contribution in [3.8, 4) is 5.75 Å². The van der Waals surface area contributed by atoms with Crippen LogP contribution < -0.4 is 4.74 Å². The number of ether oxygens (including phenoxy) is 1. The Labute approximate surface area is 170 Å². The van der Waals surface area contributed by atoms with Crippen LogP contribution >= 0.6 is 0 Å². The quantitative estimate of drug-likeness (QED) is 0.316. The van der Waals surface area contributed by atoms with Crippen molar-refractivity contribution in [3.05, 3.63) is 87.5 Å². The monoisotopic (exact) mass is 395 g/mol. The standard InChI is InChI=1S/C14H14O2.C9H11NO3/c1-10(9-15)11-3-4-13-8-14(16-2)6-5-12(13)7-11;1-2-8-3-5-9(6-4-8)7-13-10(11)12/h3-10H,1-2H3;3-6H,2,7H2,1H3. The fourth-order valence-electron chi connectivity index (χ4n) is 2.73. The van der Waals surface area contributed by atoms with Crippen LogP contribution in [0.25, 0.3) is 10.8 Å². The SMILES string of the molecule is CCc1ccc(CO[N+](=O)[O-])cc1.COc1ccc2cc(C(C)C=O)ccc2c1. The van der Waals surface area contributed by atoms with Gasteiger partial charge in [-0.1, -0.05) is 62.4 Å². The lowest BCUT2D eigenvalue weighted by Gasteiger charge is -2.07. The number of fused-ring (bicyclic) bond motifs is 1. The number of carbonyl (C=O) groups excluding carboxylic acids is 1. The van der Waals surface area contributed by atoms with E-state index >= 15 is 0 Å². The number of aryl methyl sites for hydroxylation is 1. The van der Waals surface area contributed by atoms with Gasteiger partial charge in [0.25, 0.3) is 5.09 Å². The summed E-state index contributed by atoms with van der Waals surface area (Å²) in [5.41, 5.74) is 3.08. The molecule has 0 N–H and O–H groups in total. The fraction of sp³-hybridized carbons (Fsp3) is 0.261. The van der Waals surface area contributed by atoms with Crippen LogP contribution in [0.15, 0.2) is 60.7 Å². The Morgan fingerprint density at radius 3 is 2.21 bits per heavy atom. The molecule has 0 saturated heterocycles. The van der Waals surface area contributed by atoms with E-state index in [0.29, 0.717) is 0 Å². The van der Waals surface area contributed by atoms with Gasteiger partial charge in [0, 0.05) is 5.92 Å². The van der Waals surface area contributed by atoms with Gasteiger partial charge in [0.15, 0.2) is 0 Å². The number of methoxy groups -OCH3 is 1. The van der Waals surface area contributed by atoms with Crippen molar-refractivity contribution in [3.63, 3.8) is 0 Å². The Morgan fingerprint density at radius 2 is 1.62 bits per heavy atom. The van der Waals surface area contributed by atoms with Crippen LogP contribution in [-0.4, -0.2) is 18.5 Å². The lowest BCUT2D eigenvalue weighted by atomic mass is 9.99. The first kappa shape index (κ1) is 21.9. The minimum atomic E-state index is -0.784. The van der Waals surface area contributed by atoms with Gasteiger partial charge >= 0.3 is 0 Å². The summed E-state index contributed by atoms with van der Waals surface area (Å²) < 4.78 is 5.16. The summed E-state index contributed by atoms with van der Waals surface area (Å²) in [5.74, 6) is 0.801. The maximum Gasteiger partial charge on any atom is 0.294 e. The second-order valence-electron chi connectivity index (χ2n) is 6.56. The lowest BCUT2D eigenvalue weighted by Crippen LogP contribution is -2.00. The predicted molar refractivity (Wildman–Crippen MR) is 113 cm³/mol. The van der Waals surface area contributed by atoms with Crippen molar-refractivity contribution < 1.29 is 19.5 Å². The second kappa shape index (κ2) is 10.8. The summed E-state index contributed by atoms with van der Waals surface area (Å²) >= 11 is 0. The number of rotatable bonds is 7. The molecule has 1 unspecified atom stereocenters. The van der Waals surface area contributed by atoms with Crippen LogP contribution in [0.3, 0.4) is 0 Å². The molecule has 1 atom stereocenters. The van der Waals surface area contributed by atoms with E-state index in [-0.39, 0.29) is 12.5 Å². The Hall–Kier alpha value is -3.41. The topological polar surface area (TPSA) is 78.7 Å². The first-order chi connectivity index (χ1) is 14.0. The summed E-state index contributed by atoms with van der Waals surface area (Å²) in [7, 11) is 1.66. The number of carbonyl (C=O) groups is 1. The Balaban J connectivity index is 0.000000212. The molecule has 152 valence electrons. The molecule has 3 rings (SSSR count). The van der Waals surface area contributed by atoms with E-state index in [9.17, 15) is 14.9 Å². The predicted octanol–water partition coefficient (Wildman–Crippen LogP) is 5.11. The number of hydrogen-bond acceptors (Lipinski definition) is 5. The zero-order valence-electron chi connectivity index (χ0n) is 16.8. The molecule has 3 aromatic rings. The average Bonchev–Trinajstić information content (AvgIpc) is 2.77. The summed E-state index contributed by atoms with van der Waals surface area (Å²) in [6.45, 7) is 3.98. The molecule has 3 aromatic carbocycles. The molecule has 0 heterocycles. The number of aldehydes is 1. The molecular formula is C23H25NO5. The summed E-state index contributed by atoms with van der Waals surface area (Å²) in [6, 6.07) is 19.5. The zero-order chi connectivity index (χ0) is 21.2. The van der Waals surface area contributed by atoms with Gasteiger partial charge in [-0.3, -0.25) is 0 Å². The number of nitrogens with zero attached hydrogens (tertiary/aromatic N) is 1. The molecule has 6 nitrogen and oxygen atoms in total. The molecular weight excluding hydrogens is 370 g/mol. The van der Waals surface area contributed by atoms with E-state index < -0.39 is 5.09 Å². The number of hydrogen-bond donors (Lipinski definition) is 0. The molecule has 0 fully saturated rings. The third-order valence-electron chi connectivity index (χ3n) is 4.57. The van der Waals surface area contributed by atoms with E-state index in [0.717, 1.165) is 40.4 Å². The molecule has 29 heavy (non-hydrogen) atoms. The summed E-state index contributed by atoms with van der Waals surface area (Å²) in [6.07, 6.45) is 1.93. The minimum absolute atomic E-state index is 0.0248. The fourth-order valence-corrected chi connectivity index (χ4v) is 2.73. The van der Waals surface area contributed by atoms with Crippen molar-refractivity contribution >= 4 is 17.1 Å². The first-order valence-corrected chi connectivity index (χ1v) is 9.35. The van der Waals surface area contributed by atoms with Crippen LogP contribution in [0.5, 0.6) is 5.75 Å². The van der Waals surface area contributed by atoms with Crippen molar-refractivity contribution in [1.82, 2.24) is 0 Å². The minimum Gasteiger partial charge on any atom is -0.497 e. The maximum absolute atomic E-state index is 10.7. The van der Waals surface area contributed by atoms with E-state index in [1.54, 1.807) is 7.11 Å². The highest BCUT2D eigenvalue weighted by Crippen LogP contribution is 2.24. The van der Waals surface area contributed by atoms with Gasteiger partial charge < -0.3 is 14.4 Å². The van der Waals surface area contributed by atoms with Crippen molar-refractivity contribution in [2.45, 2.75) is 32.8 Å². The van der Waals surface area contributed by atoms with Gasteiger partial charge in [-0.25, -0.2) is 0 Å². The molecule has 0 radical (unpaired) electrons. The molecule has 0 saturated carbocycles. The second-order valence-corrected chi connectivity index (χ2v) is 6.56. The van der Waals surface area contributed by atoms with E-state index in [2.05, 4.69) is 11.8 Å². The molecule has 0 aromatic heterocycles. The van der Waals surface area contributed by atoms with Crippen LogP contribution in [0.4, 0.5) is 0 Å². The van der Waals surface area contributed by atoms with Crippen molar-refractivity contribution in [2.24, 2.45) is 0 Å². The van der Waals surface area contributed by atoms with Crippen molar-refractivity contribution in [1.29, 1.82) is 0 Å². The number of benzene rings is 3. The highest BCUT2D eigenvalue weighted by Gasteiger charge is 2.04. The zero-order valence-corrected chi connectivity index (χ0v) is 16.8. The highest BCUT2D eigenvalue weighted by atomic mass is 16.9. The maximum atomic E-state index is 10.7. The largest absolute Gasteiger partial charge is 0.497 e. The van der Waals surface area contributed by atoms with Crippen LogP contribution in [-0.2, 0) is 22.7 Å². The molecule has 0 amide bonds. The third kappa shape index (κ3) is 6.60. The van der Waals surface area contributed by atoms with E-state index in [1.165, 1.54) is 5.56 Å². The molecule has 6 heteroatoms. The van der Waals surface area contributed by atoms with Crippen LogP contribution in [0.1, 0.15) is 36.5 Å². The van der Waals surface area contributed by atoms with Crippen LogP contribution in [0.2, 0.25) is 0 Å². The van der Waals surface area contributed by atoms with E-state index in [4.69, 9.17) is 4.74 Å². The van der Waals surface area contributed by atoms with Gasteiger partial charge in [-0.15, -0.1) is 10.1 Å². The van der Waals surface area contributed by atoms with Crippen LogP contribution in [0, 0.1) is 10.1 Å². The normalized spacial score (nSPS) is 11.1. The van der Waals surface area contributed by atoms with Gasteiger partial charge in [0.2, 0.25) is 0 Å². The first-order valence-electron chi connectivity index (χ1n) is 9.35. The van der Waals surface area contributed by atoms with Gasteiger partial charge in [0.1, 0.15) is 18.6 Å². The molecule has 0 bridgehead atoms. The van der Waals surface area contributed by atoms with Gasteiger partial charge in [0.05, 0.1) is 7.11 Å². The third-order valence-corrected chi connectivity index (χ3v) is 4.57.